The lowest BCUT2D eigenvalue weighted by atomic mass is 9.94. The molecule has 3 heterocycles. The third kappa shape index (κ3) is 5.93. The topological polar surface area (TPSA) is 43.9 Å². The van der Waals surface area contributed by atoms with Crippen molar-refractivity contribution in [2.24, 2.45) is 11.8 Å². The predicted octanol–water partition coefficient (Wildman–Crippen LogP) is 5.63. The molecule has 2 aromatic rings. The highest BCUT2D eigenvalue weighted by molar-refractivity contribution is 5.95. The molecule has 5 heteroatoms. The van der Waals surface area contributed by atoms with Crippen LogP contribution in [0.25, 0.3) is 0 Å². The van der Waals surface area contributed by atoms with Gasteiger partial charge in [-0.1, -0.05) is 56.7 Å². The van der Waals surface area contributed by atoms with Gasteiger partial charge >= 0.3 is 0 Å². The van der Waals surface area contributed by atoms with E-state index in [9.17, 15) is 9.59 Å². The summed E-state index contributed by atoms with van der Waals surface area (Å²) in [6.45, 7) is 11.2. The number of rotatable bonds is 7. The smallest absolute Gasteiger partial charge is 0.230 e. The van der Waals surface area contributed by atoms with Gasteiger partial charge in [0, 0.05) is 50.9 Å². The average Bonchev–Trinajstić information content (AvgIpc) is 3.44. The molecule has 0 N–H and O–H groups in total. The van der Waals surface area contributed by atoms with Gasteiger partial charge in [0.2, 0.25) is 11.8 Å². The maximum Gasteiger partial charge on any atom is 0.230 e. The fraction of sp³-hybridized carbons (Fsp3) is 0.562. The first-order valence-electron chi connectivity index (χ1n) is 14.4. The molecule has 0 bridgehead atoms. The molecule has 3 saturated heterocycles. The second-order valence-corrected chi connectivity index (χ2v) is 11.9. The lowest BCUT2D eigenvalue weighted by Gasteiger charge is -2.32. The Hall–Kier alpha value is -2.66. The Kier molecular flexibility index (Phi) is 7.99. The van der Waals surface area contributed by atoms with Crippen LogP contribution in [0.1, 0.15) is 75.5 Å². The van der Waals surface area contributed by atoms with Gasteiger partial charge in [0.25, 0.3) is 0 Å². The predicted molar refractivity (Wildman–Crippen MR) is 150 cm³/mol. The summed E-state index contributed by atoms with van der Waals surface area (Å²) < 4.78 is 0. The van der Waals surface area contributed by atoms with Gasteiger partial charge in [0.15, 0.2) is 0 Å². The molecule has 198 valence electrons. The van der Waals surface area contributed by atoms with Gasteiger partial charge in [-0.2, -0.15) is 0 Å². The Morgan fingerprint density at radius 2 is 1.62 bits per heavy atom. The number of anilines is 1. The van der Waals surface area contributed by atoms with Crippen LogP contribution in [-0.2, 0) is 22.6 Å². The molecule has 3 fully saturated rings. The molecule has 0 radical (unpaired) electrons. The summed E-state index contributed by atoms with van der Waals surface area (Å²) in [7, 11) is 0. The number of nitrogens with zero attached hydrogens (tertiary/aromatic N) is 3. The number of carbonyl (C=O) groups excluding carboxylic acids is 2. The normalized spacial score (nSPS) is 23.4. The molecule has 0 aliphatic carbocycles. The number of hydrogen-bond acceptors (Lipinski definition) is 3. The molecule has 0 saturated carbocycles. The molecular weight excluding hydrogens is 458 g/mol. The van der Waals surface area contributed by atoms with E-state index < -0.39 is 0 Å². The van der Waals surface area contributed by atoms with Crippen molar-refractivity contribution in [3.05, 3.63) is 65.2 Å². The summed E-state index contributed by atoms with van der Waals surface area (Å²) in [6, 6.07) is 17.6. The number of benzene rings is 2. The van der Waals surface area contributed by atoms with Crippen LogP contribution in [0.4, 0.5) is 5.69 Å². The number of carbonyl (C=O) groups is 2. The molecule has 3 aliphatic heterocycles. The Morgan fingerprint density at radius 1 is 0.892 bits per heavy atom. The lowest BCUT2D eigenvalue weighted by molar-refractivity contribution is -0.135. The second kappa shape index (κ2) is 11.4. The van der Waals surface area contributed by atoms with E-state index in [0.29, 0.717) is 24.3 Å². The monoisotopic (exact) mass is 501 g/mol. The number of fused-ring (bicyclic) bond motifs is 1. The molecule has 2 aromatic carbocycles. The quantitative estimate of drug-likeness (QED) is 0.494. The van der Waals surface area contributed by atoms with Crippen molar-refractivity contribution in [3.63, 3.8) is 0 Å². The first-order valence-corrected chi connectivity index (χ1v) is 14.4. The van der Waals surface area contributed by atoms with Crippen LogP contribution in [0.3, 0.4) is 0 Å². The van der Waals surface area contributed by atoms with Crippen molar-refractivity contribution < 1.29 is 9.59 Å². The first-order chi connectivity index (χ1) is 17.9. The third-order valence-corrected chi connectivity index (χ3v) is 8.61. The molecular formula is C32H43N3O2. The van der Waals surface area contributed by atoms with Gasteiger partial charge in [-0.25, -0.2) is 0 Å². The molecule has 0 aromatic heterocycles. The van der Waals surface area contributed by atoms with Gasteiger partial charge in [-0.3, -0.25) is 14.5 Å². The molecule has 5 rings (SSSR count). The van der Waals surface area contributed by atoms with E-state index in [1.54, 1.807) is 0 Å². The number of likely N-dealkylation sites (tertiary alicyclic amines) is 2. The van der Waals surface area contributed by atoms with Crippen molar-refractivity contribution in [1.29, 1.82) is 0 Å². The summed E-state index contributed by atoms with van der Waals surface area (Å²) in [5.41, 5.74) is 4.77. The highest BCUT2D eigenvalue weighted by Crippen LogP contribution is 2.33. The van der Waals surface area contributed by atoms with Gasteiger partial charge in [-0.05, 0) is 73.3 Å². The molecule has 3 atom stereocenters. The fourth-order valence-corrected chi connectivity index (χ4v) is 6.60. The minimum atomic E-state index is -0.109. The summed E-state index contributed by atoms with van der Waals surface area (Å²) in [5, 5.41) is 0. The van der Waals surface area contributed by atoms with Gasteiger partial charge in [-0.15, -0.1) is 0 Å². The van der Waals surface area contributed by atoms with Crippen molar-refractivity contribution in [1.82, 2.24) is 9.80 Å². The minimum Gasteiger partial charge on any atom is -0.338 e. The second-order valence-electron chi connectivity index (χ2n) is 11.9. The maximum absolute atomic E-state index is 13.8. The minimum absolute atomic E-state index is 0.109. The van der Waals surface area contributed by atoms with E-state index in [1.165, 1.54) is 24.0 Å². The van der Waals surface area contributed by atoms with Gasteiger partial charge < -0.3 is 9.80 Å². The first kappa shape index (κ1) is 26.0. The van der Waals surface area contributed by atoms with E-state index in [4.69, 9.17) is 0 Å². The van der Waals surface area contributed by atoms with Crippen molar-refractivity contribution in [2.75, 3.05) is 31.1 Å². The van der Waals surface area contributed by atoms with Crippen molar-refractivity contribution in [2.45, 2.75) is 77.8 Å². The zero-order valence-corrected chi connectivity index (χ0v) is 22.9. The van der Waals surface area contributed by atoms with E-state index in [2.05, 4.69) is 79.1 Å². The standard InChI is InChI=1S/C32H43N3O2/c1-23(2)19-25-9-13-27(14-10-25)24(3)32(37)35-17-5-4-7-28-21-33(22-30(28)35)20-26-11-15-29(16-12-26)34-18-6-8-31(34)36/h9-16,23-24,28,30H,4-8,17-22H2,1-3H3/t24-,28-,30+/m0/s1. The summed E-state index contributed by atoms with van der Waals surface area (Å²) in [5.74, 6) is 1.60. The largest absolute Gasteiger partial charge is 0.338 e. The van der Waals surface area contributed by atoms with Crippen LogP contribution >= 0.6 is 0 Å². The third-order valence-electron chi connectivity index (χ3n) is 8.61. The molecule has 2 amide bonds. The van der Waals surface area contributed by atoms with E-state index in [-0.39, 0.29) is 17.7 Å². The summed E-state index contributed by atoms with van der Waals surface area (Å²) in [4.78, 5) is 32.5. The molecule has 3 aliphatic rings. The van der Waals surface area contributed by atoms with E-state index in [1.807, 2.05) is 4.90 Å². The highest BCUT2D eigenvalue weighted by Gasteiger charge is 2.40. The van der Waals surface area contributed by atoms with Crippen LogP contribution in [0.15, 0.2) is 48.5 Å². The number of hydrogen-bond donors (Lipinski definition) is 0. The van der Waals surface area contributed by atoms with Crippen LogP contribution in [0.5, 0.6) is 0 Å². The SMILES string of the molecule is CC(C)Cc1ccc([C@H](C)C(=O)N2CCCC[C@H]3CN(Cc4ccc(N5CCCC5=O)cc4)C[C@H]32)cc1. The zero-order valence-electron chi connectivity index (χ0n) is 22.9. The molecule has 5 nitrogen and oxygen atoms in total. The Bertz CT molecular complexity index is 1080. The zero-order chi connectivity index (χ0) is 25.9. The Balaban J connectivity index is 1.23. The van der Waals surface area contributed by atoms with Crippen LogP contribution in [0.2, 0.25) is 0 Å². The highest BCUT2D eigenvalue weighted by atomic mass is 16.2. The van der Waals surface area contributed by atoms with E-state index in [0.717, 1.165) is 63.2 Å². The molecule has 0 unspecified atom stereocenters. The van der Waals surface area contributed by atoms with Crippen LogP contribution in [-0.4, -0.2) is 53.8 Å². The Morgan fingerprint density at radius 3 is 2.30 bits per heavy atom. The van der Waals surface area contributed by atoms with Crippen molar-refractivity contribution >= 4 is 17.5 Å². The average molecular weight is 502 g/mol. The van der Waals surface area contributed by atoms with Crippen LogP contribution in [0, 0.1) is 11.8 Å². The van der Waals surface area contributed by atoms with Crippen molar-refractivity contribution in [3.8, 4) is 0 Å². The van der Waals surface area contributed by atoms with Gasteiger partial charge in [0.1, 0.15) is 0 Å². The maximum atomic E-state index is 13.8. The van der Waals surface area contributed by atoms with Gasteiger partial charge in [0.05, 0.1) is 5.92 Å². The fourth-order valence-electron chi connectivity index (χ4n) is 6.60. The van der Waals surface area contributed by atoms with E-state index >= 15 is 0 Å². The van der Waals surface area contributed by atoms with Crippen LogP contribution < -0.4 is 4.90 Å². The molecule has 0 spiro atoms. The summed E-state index contributed by atoms with van der Waals surface area (Å²) in [6.07, 6.45) is 6.21. The number of amides is 2. The Labute approximate surface area is 222 Å². The molecule has 37 heavy (non-hydrogen) atoms. The lowest BCUT2D eigenvalue weighted by Crippen LogP contribution is -2.46. The summed E-state index contributed by atoms with van der Waals surface area (Å²) >= 11 is 0.